The number of hydrogen-bond donors (Lipinski definition) is 1. The molecule has 1 N–H and O–H groups in total. The molecule has 0 amide bonds. The van der Waals surface area contributed by atoms with Crippen molar-refractivity contribution in [1.29, 1.82) is 0 Å². The molecule has 4 nitrogen and oxygen atoms in total. The Labute approximate surface area is 81.3 Å². The molecule has 0 atom stereocenters. The Hall–Kier alpha value is -2.15. The maximum absolute atomic E-state index is 10.9. The van der Waals surface area contributed by atoms with Gasteiger partial charge < -0.3 is 9.90 Å². The van der Waals surface area contributed by atoms with Crippen LogP contribution in [-0.4, -0.2) is 15.9 Å². The number of rotatable bonds is 2. The van der Waals surface area contributed by atoms with Crippen LogP contribution < -0.4 is 0 Å². The first kappa shape index (κ1) is 9.93. The predicted molar refractivity (Wildman–Crippen MR) is 51.1 cm³/mol. The molecule has 0 saturated heterocycles. The highest BCUT2D eigenvalue weighted by Crippen LogP contribution is 2.16. The smallest absolute Gasteiger partial charge is 0.270 e. The van der Waals surface area contributed by atoms with Crippen molar-refractivity contribution in [2.24, 2.45) is 0 Å². The summed E-state index contributed by atoms with van der Waals surface area (Å²) < 4.78 is 0. The molecule has 0 unspecified atom stereocenters. The number of Topliss-reactive ketones (excluding diaryl/α,β-unsaturated/α-hetero) is 1. The van der Waals surface area contributed by atoms with Crippen molar-refractivity contribution >= 4 is 11.5 Å². The topological polar surface area (TPSA) is 54.5 Å². The molecule has 14 heavy (non-hydrogen) atoms. The Morgan fingerprint density at radius 3 is 2.50 bits per heavy atom. The SMILES string of the molecule is [C-]#[N+]/C(C(C)=O)=C(/O)c1ccncc1. The number of carbonyl (C=O) groups excluding carboxylic acids is 1. The van der Waals surface area contributed by atoms with Gasteiger partial charge in [0.15, 0.2) is 5.78 Å². The Morgan fingerprint density at radius 1 is 1.50 bits per heavy atom. The van der Waals surface area contributed by atoms with Crippen LogP contribution >= 0.6 is 0 Å². The van der Waals surface area contributed by atoms with E-state index in [1.165, 1.54) is 31.5 Å². The molecule has 1 aromatic heterocycles. The molecule has 0 aromatic carbocycles. The molecule has 0 aliphatic heterocycles. The lowest BCUT2D eigenvalue weighted by Crippen LogP contribution is -1.97. The standard InChI is InChI=1S/C10H8N2O2/c1-7(13)9(11-2)10(14)8-3-5-12-6-4-8/h3-6,14H,1H3/b10-9+. The zero-order chi connectivity index (χ0) is 10.6. The molecule has 0 bridgehead atoms. The minimum Gasteiger partial charge on any atom is -0.518 e. The van der Waals surface area contributed by atoms with Gasteiger partial charge in [0.2, 0.25) is 0 Å². The second-order valence-corrected chi connectivity index (χ2v) is 2.60. The number of pyridine rings is 1. The summed E-state index contributed by atoms with van der Waals surface area (Å²) in [5.74, 6) is -0.746. The van der Waals surface area contributed by atoms with Crippen molar-refractivity contribution in [3.8, 4) is 0 Å². The lowest BCUT2D eigenvalue weighted by atomic mass is 10.1. The second kappa shape index (κ2) is 4.19. The number of aliphatic hydroxyl groups excluding tert-OH is 1. The maximum Gasteiger partial charge on any atom is 0.270 e. The molecule has 4 heteroatoms. The zero-order valence-corrected chi connectivity index (χ0v) is 7.56. The number of ketones is 1. The van der Waals surface area contributed by atoms with Crippen LogP contribution in [0.5, 0.6) is 0 Å². The van der Waals surface area contributed by atoms with Crippen molar-refractivity contribution in [2.75, 3.05) is 0 Å². The van der Waals surface area contributed by atoms with Crippen molar-refractivity contribution in [3.05, 3.63) is 47.2 Å². The van der Waals surface area contributed by atoms with E-state index in [-0.39, 0.29) is 11.5 Å². The number of hydrogen-bond acceptors (Lipinski definition) is 3. The van der Waals surface area contributed by atoms with Gasteiger partial charge in [-0.15, -0.1) is 0 Å². The molecule has 0 radical (unpaired) electrons. The minimum absolute atomic E-state index is 0.254. The van der Waals surface area contributed by atoms with E-state index in [4.69, 9.17) is 6.57 Å². The summed E-state index contributed by atoms with van der Waals surface area (Å²) >= 11 is 0. The van der Waals surface area contributed by atoms with E-state index in [1.807, 2.05) is 0 Å². The van der Waals surface area contributed by atoms with E-state index >= 15 is 0 Å². The minimum atomic E-state index is -0.450. The molecule has 0 aliphatic rings. The van der Waals surface area contributed by atoms with Crippen LogP contribution in [0, 0.1) is 6.57 Å². The maximum atomic E-state index is 10.9. The van der Waals surface area contributed by atoms with E-state index in [9.17, 15) is 9.90 Å². The highest BCUT2D eigenvalue weighted by Gasteiger charge is 2.12. The summed E-state index contributed by atoms with van der Waals surface area (Å²) in [7, 11) is 0. The third kappa shape index (κ3) is 1.96. The van der Waals surface area contributed by atoms with Crippen LogP contribution in [-0.2, 0) is 4.79 Å². The van der Waals surface area contributed by atoms with E-state index in [2.05, 4.69) is 9.83 Å². The molecule has 1 heterocycles. The lowest BCUT2D eigenvalue weighted by molar-refractivity contribution is -0.113. The van der Waals surface area contributed by atoms with Crippen molar-refractivity contribution < 1.29 is 9.90 Å². The number of carbonyl (C=O) groups is 1. The van der Waals surface area contributed by atoms with Crippen LogP contribution in [0.4, 0.5) is 0 Å². The van der Waals surface area contributed by atoms with Gasteiger partial charge in [0.25, 0.3) is 5.70 Å². The molecular weight excluding hydrogens is 180 g/mol. The van der Waals surface area contributed by atoms with Gasteiger partial charge in [-0.05, 0) is 19.1 Å². The first-order valence-electron chi connectivity index (χ1n) is 3.89. The second-order valence-electron chi connectivity index (χ2n) is 2.60. The fourth-order valence-corrected chi connectivity index (χ4v) is 0.945. The number of nitrogens with zero attached hydrogens (tertiary/aromatic N) is 2. The summed E-state index contributed by atoms with van der Waals surface area (Å²) in [6.07, 6.45) is 2.96. The number of aliphatic hydroxyl groups is 1. The quantitative estimate of drug-likeness (QED) is 0.437. The van der Waals surface area contributed by atoms with Crippen molar-refractivity contribution in [3.63, 3.8) is 0 Å². The summed E-state index contributed by atoms with van der Waals surface area (Å²) in [5, 5.41) is 9.57. The first-order valence-corrected chi connectivity index (χ1v) is 3.89. The van der Waals surface area contributed by atoms with Gasteiger partial charge in [-0.3, -0.25) is 4.98 Å². The monoisotopic (exact) mass is 188 g/mol. The van der Waals surface area contributed by atoms with Crippen LogP contribution in [0.2, 0.25) is 0 Å². The van der Waals surface area contributed by atoms with Gasteiger partial charge in [-0.25, -0.2) is 4.85 Å². The molecular formula is C10H8N2O2. The molecule has 1 aromatic rings. The lowest BCUT2D eigenvalue weighted by Gasteiger charge is -2.00. The van der Waals surface area contributed by atoms with E-state index in [0.29, 0.717) is 5.56 Å². The Morgan fingerprint density at radius 2 is 2.07 bits per heavy atom. The fraction of sp³-hybridized carbons (Fsp3) is 0.100. The molecule has 70 valence electrons. The summed E-state index contributed by atoms with van der Waals surface area (Å²) in [6, 6.07) is 3.06. The van der Waals surface area contributed by atoms with Gasteiger partial charge >= 0.3 is 0 Å². The Bertz CT molecular complexity index is 415. The van der Waals surface area contributed by atoms with Gasteiger partial charge in [-0.2, -0.15) is 0 Å². The zero-order valence-electron chi connectivity index (χ0n) is 7.56. The van der Waals surface area contributed by atoms with Crippen LogP contribution in [0.25, 0.3) is 10.6 Å². The van der Waals surface area contributed by atoms with Crippen LogP contribution in [0.15, 0.2) is 30.2 Å². The average Bonchev–Trinajstić information content (AvgIpc) is 2.19. The van der Waals surface area contributed by atoms with Gasteiger partial charge in [0, 0.05) is 18.0 Å². The van der Waals surface area contributed by atoms with Gasteiger partial charge in [0.05, 0.1) is 6.57 Å². The molecule has 0 fully saturated rings. The van der Waals surface area contributed by atoms with Gasteiger partial charge in [0.1, 0.15) is 5.76 Å². The van der Waals surface area contributed by atoms with Crippen LogP contribution in [0.3, 0.4) is 0 Å². The first-order chi connectivity index (χ1) is 6.66. The number of allylic oxidation sites excluding steroid dienone is 1. The molecule has 0 saturated carbocycles. The van der Waals surface area contributed by atoms with E-state index in [1.54, 1.807) is 0 Å². The summed E-state index contributed by atoms with van der Waals surface area (Å²) in [5.41, 5.74) is 0.164. The van der Waals surface area contributed by atoms with Crippen molar-refractivity contribution in [1.82, 2.24) is 4.98 Å². The average molecular weight is 188 g/mol. The summed E-state index contributed by atoms with van der Waals surface area (Å²) in [4.78, 5) is 17.7. The fourth-order valence-electron chi connectivity index (χ4n) is 0.945. The Balaban J connectivity index is 3.23. The van der Waals surface area contributed by atoms with Crippen molar-refractivity contribution in [2.45, 2.75) is 6.92 Å². The van der Waals surface area contributed by atoms with E-state index < -0.39 is 5.78 Å². The van der Waals surface area contributed by atoms with Gasteiger partial charge in [-0.1, -0.05) is 0 Å². The normalized spacial score (nSPS) is 11.4. The molecule has 0 aliphatic carbocycles. The highest BCUT2D eigenvalue weighted by molar-refractivity contribution is 6.01. The summed E-state index contributed by atoms with van der Waals surface area (Å²) in [6.45, 7) is 7.98. The molecule has 0 spiro atoms. The largest absolute Gasteiger partial charge is 0.518 e. The van der Waals surface area contributed by atoms with Crippen LogP contribution in [0.1, 0.15) is 12.5 Å². The highest BCUT2D eigenvalue weighted by atomic mass is 16.3. The Kier molecular flexibility index (Phi) is 2.97. The molecule has 1 rings (SSSR count). The number of aromatic nitrogens is 1. The van der Waals surface area contributed by atoms with E-state index in [0.717, 1.165) is 0 Å². The third-order valence-corrected chi connectivity index (χ3v) is 1.62. The predicted octanol–water partition coefficient (Wildman–Crippen LogP) is 1.82. The third-order valence-electron chi connectivity index (χ3n) is 1.62.